The quantitative estimate of drug-likeness (QED) is 0.705. The van der Waals surface area contributed by atoms with Gasteiger partial charge in [0.25, 0.3) is 0 Å². The Morgan fingerprint density at radius 3 is 2.14 bits per heavy atom. The van der Waals surface area contributed by atoms with Crippen molar-refractivity contribution in [3.63, 3.8) is 0 Å². The van der Waals surface area contributed by atoms with Crippen LogP contribution in [0.1, 0.15) is 22.7 Å². The maximum Gasteiger partial charge on any atom is 0.236 e. The molecular formula is C23H24N4O. The molecule has 1 unspecified atom stereocenters. The second-order valence-electron chi connectivity index (χ2n) is 7.10. The predicted octanol–water partition coefficient (Wildman–Crippen LogP) is 3.27. The van der Waals surface area contributed by atoms with Gasteiger partial charge in [0.1, 0.15) is 11.7 Å². The first-order chi connectivity index (χ1) is 13.7. The number of anilines is 1. The fourth-order valence-electron chi connectivity index (χ4n) is 3.62. The lowest BCUT2D eigenvalue weighted by atomic mass is 9.92. The third-order valence-electron chi connectivity index (χ3n) is 5.21. The molecule has 28 heavy (non-hydrogen) atoms. The molecule has 2 aromatic heterocycles. The van der Waals surface area contributed by atoms with Crippen molar-refractivity contribution in [1.82, 2.24) is 14.9 Å². The number of pyridine rings is 2. The van der Waals surface area contributed by atoms with Crippen LogP contribution in [-0.2, 0) is 4.79 Å². The van der Waals surface area contributed by atoms with Crippen molar-refractivity contribution < 1.29 is 4.79 Å². The van der Waals surface area contributed by atoms with E-state index in [1.807, 2.05) is 53.4 Å². The zero-order valence-electron chi connectivity index (χ0n) is 16.0. The first kappa shape index (κ1) is 18.2. The number of nitrogens with zero attached hydrogens (tertiary/aromatic N) is 4. The number of hydrogen-bond donors (Lipinski definition) is 0. The number of benzene rings is 1. The minimum absolute atomic E-state index is 0.114. The number of carbonyl (C=O) groups excluding carboxylic acids is 1. The number of hydrogen-bond acceptors (Lipinski definition) is 4. The molecular weight excluding hydrogens is 348 g/mol. The molecule has 0 spiro atoms. The smallest absolute Gasteiger partial charge is 0.236 e. The summed E-state index contributed by atoms with van der Waals surface area (Å²) < 4.78 is 0. The Kier molecular flexibility index (Phi) is 5.33. The summed E-state index contributed by atoms with van der Waals surface area (Å²) in [5, 5.41) is 0. The van der Waals surface area contributed by atoms with Crippen molar-refractivity contribution in [2.75, 3.05) is 31.1 Å². The zero-order valence-corrected chi connectivity index (χ0v) is 16.0. The van der Waals surface area contributed by atoms with E-state index in [0.717, 1.165) is 30.2 Å². The van der Waals surface area contributed by atoms with E-state index in [1.54, 1.807) is 12.4 Å². The molecule has 1 saturated heterocycles. The van der Waals surface area contributed by atoms with E-state index in [2.05, 4.69) is 33.9 Å². The second-order valence-corrected chi connectivity index (χ2v) is 7.10. The summed E-state index contributed by atoms with van der Waals surface area (Å²) in [6, 6.07) is 19.9. The third kappa shape index (κ3) is 3.88. The highest BCUT2D eigenvalue weighted by Gasteiger charge is 2.30. The number of amides is 1. The van der Waals surface area contributed by atoms with Crippen molar-refractivity contribution in [3.8, 4) is 0 Å². The highest BCUT2D eigenvalue weighted by atomic mass is 16.2. The Morgan fingerprint density at radius 1 is 0.857 bits per heavy atom. The van der Waals surface area contributed by atoms with Crippen molar-refractivity contribution in [3.05, 3.63) is 89.9 Å². The van der Waals surface area contributed by atoms with E-state index in [-0.39, 0.29) is 11.8 Å². The van der Waals surface area contributed by atoms with E-state index in [9.17, 15) is 4.79 Å². The van der Waals surface area contributed by atoms with Crippen molar-refractivity contribution in [2.45, 2.75) is 12.8 Å². The molecule has 1 atom stereocenters. The standard InChI is InChI=1S/C23H24N4O/c1-18-8-10-19(11-9-18)22(20-6-2-4-12-24-20)23(28)27-16-14-26(15-17-27)21-7-3-5-13-25-21/h2-13,22H,14-17H2,1H3. The fraction of sp³-hybridized carbons (Fsp3) is 0.261. The molecule has 3 heterocycles. The maximum absolute atomic E-state index is 13.5. The molecule has 3 aromatic rings. The first-order valence-electron chi connectivity index (χ1n) is 9.64. The molecule has 1 amide bonds. The van der Waals surface area contributed by atoms with Gasteiger partial charge in [0.15, 0.2) is 0 Å². The van der Waals surface area contributed by atoms with Gasteiger partial charge in [0, 0.05) is 38.6 Å². The molecule has 1 aliphatic rings. The predicted molar refractivity (Wildman–Crippen MR) is 110 cm³/mol. The fourth-order valence-corrected chi connectivity index (χ4v) is 3.62. The van der Waals surface area contributed by atoms with E-state index >= 15 is 0 Å². The van der Waals surface area contributed by atoms with Gasteiger partial charge >= 0.3 is 0 Å². The second kappa shape index (κ2) is 8.21. The van der Waals surface area contributed by atoms with Crippen LogP contribution in [0, 0.1) is 6.92 Å². The van der Waals surface area contributed by atoms with Crippen LogP contribution >= 0.6 is 0 Å². The van der Waals surface area contributed by atoms with Gasteiger partial charge in [-0.2, -0.15) is 0 Å². The lowest BCUT2D eigenvalue weighted by Crippen LogP contribution is -2.50. The molecule has 5 nitrogen and oxygen atoms in total. The van der Waals surface area contributed by atoms with Gasteiger partial charge in [-0.3, -0.25) is 9.78 Å². The Labute approximate surface area is 165 Å². The Bertz CT molecular complexity index is 904. The van der Waals surface area contributed by atoms with Gasteiger partial charge in [0.2, 0.25) is 5.91 Å². The van der Waals surface area contributed by atoms with Crippen LogP contribution in [0.5, 0.6) is 0 Å². The normalized spacial score (nSPS) is 15.3. The number of rotatable bonds is 4. The average molecular weight is 372 g/mol. The van der Waals surface area contributed by atoms with E-state index in [0.29, 0.717) is 13.1 Å². The van der Waals surface area contributed by atoms with E-state index < -0.39 is 0 Å². The Morgan fingerprint density at radius 2 is 1.54 bits per heavy atom. The molecule has 142 valence electrons. The molecule has 1 fully saturated rings. The zero-order chi connectivity index (χ0) is 19.3. The highest BCUT2D eigenvalue weighted by molar-refractivity contribution is 5.87. The lowest BCUT2D eigenvalue weighted by molar-refractivity contribution is -0.132. The monoisotopic (exact) mass is 372 g/mol. The largest absolute Gasteiger partial charge is 0.353 e. The summed E-state index contributed by atoms with van der Waals surface area (Å²) in [7, 11) is 0. The van der Waals surface area contributed by atoms with Gasteiger partial charge in [-0.1, -0.05) is 42.0 Å². The van der Waals surface area contributed by atoms with Gasteiger partial charge in [-0.05, 0) is 36.8 Å². The van der Waals surface area contributed by atoms with Crippen LogP contribution in [-0.4, -0.2) is 47.0 Å². The third-order valence-corrected chi connectivity index (χ3v) is 5.21. The highest BCUT2D eigenvalue weighted by Crippen LogP contribution is 2.27. The summed E-state index contributed by atoms with van der Waals surface area (Å²) >= 11 is 0. The van der Waals surface area contributed by atoms with Gasteiger partial charge in [-0.15, -0.1) is 0 Å². The SMILES string of the molecule is Cc1ccc(C(C(=O)N2CCN(c3ccccn3)CC2)c2ccccn2)cc1. The average Bonchev–Trinajstić information content (AvgIpc) is 2.77. The summed E-state index contributed by atoms with van der Waals surface area (Å²) in [5.41, 5.74) is 2.96. The molecule has 0 N–H and O–H groups in total. The van der Waals surface area contributed by atoms with Crippen LogP contribution in [0.15, 0.2) is 73.1 Å². The lowest BCUT2D eigenvalue weighted by Gasteiger charge is -2.37. The number of carbonyl (C=O) groups is 1. The molecule has 0 bridgehead atoms. The molecule has 5 heteroatoms. The van der Waals surface area contributed by atoms with Crippen LogP contribution in [0.3, 0.4) is 0 Å². The maximum atomic E-state index is 13.5. The molecule has 0 radical (unpaired) electrons. The number of piperazine rings is 1. The minimum atomic E-state index is -0.372. The summed E-state index contributed by atoms with van der Waals surface area (Å²) in [4.78, 5) is 26.6. The van der Waals surface area contributed by atoms with Crippen molar-refractivity contribution >= 4 is 11.7 Å². The van der Waals surface area contributed by atoms with Crippen molar-refractivity contribution in [1.29, 1.82) is 0 Å². The van der Waals surface area contributed by atoms with Crippen LogP contribution in [0.4, 0.5) is 5.82 Å². The van der Waals surface area contributed by atoms with Crippen LogP contribution in [0.2, 0.25) is 0 Å². The van der Waals surface area contributed by atoms with Gasteiger partial charge < -0.3 is 9.80 Å². The van der Waals surface area contributed by atoms with Crippen LogP contribution < -0.4 is 4.90 Å². The van der Waals surface area contributed by atoms with Gasteiger partial charge in [0.05, 0.1) is 5.69 Å². The molecule has 1 aromatic carbocycles. The Hall–Kier alpha value is -3.21. The Balaban J connectivity index is 1.54. The van der Waals surface area contributed by atoms with Gasteiger partial charge in [-0.25, -0.2) is 4.98 Å². The summed E-state index contributed by atoms with van der Waals surface area (Å²) in [6.07, 6.45) is 3.56. The summed E-state index contributed by atoms with van der Waals surface area (Å²) in [6.45, 7) is 4.99. The molecule has 0 aliphatic carbocycles. The summed E-state index contributed by atoms with van der Waals surface area (Å²) in [5.74, 6) is 0.709. The minimum Gasteiger partial charge on any atom is -0.353 e. The number of aryl methyl sites for hydroxylation is 1. The molecule has 4 rings (SSSR count). The van der Waals surface area contributed by atoms with E-state index in [1.165, 1.54) is 5.56 Å². The van der Waals surface area contributed by atoms with E-state index in [4.69, 9.17) is 0 Å². The number of aromatic nitrogens is 2. The van der Waals surface area contributed by atoms with Crippen molar-refractivity contribution in [2.24, 2.45) is 0 Å². The topological polar surface area (TPSA) is 49.3 Å². The first-order valence-corrected chi connectivity index (χ1v) is 9.64. The van der Waals surface area contributed by atoms with Crippen LogP contribution in [0.25, 0.3) is 0 Å². The molecule has 0 saturated carbocycles. The molecule has 1 aliphatic heterocycles.